The van der Waals surface area contributed by atoms with Crippen molar-refractivity contribution in [2.24, 2.45) is 5.73 Å². The molecule has 0 bridgehead atoms. The second-order valence-electron chi connectivity index (χ2n) is 8.86. The average Bonchev–Trinajstić information content (AvgIpc) is 3.46. The third kappa shape index (κ3) is 3.72. The van der Waals surface area contributed by atoms with E-state index < -0.39 is 0 Å². The predicted molar refractivity (Wildman–Crippen MR) is 135 cm³/mol. The SMILES string of the molecule is CC#CCn1c(N2CCC[C@@H](N)C2)nc2cnn(Cc3nc4ccc5ccccc5c4o3)c(=O)c21. The van der Waals surface area contributed by atoms with Crippen molar-refractivity contribution in [2.75, 3.05) is 18.0 Å². The molecule has 0 radical (unpaired) electrons. The monoisotopic (exact) mass is 467 g/mol. The predicted octanol–water partition coefficient (Wildman–Crippen LogP) is 2.89. The molecule has 1 fully saturated rings. The number of nitrogens with two attached hydrogens (primary N) is 1. The van der Waals surface area contributed by atoms with Gasteiger partial charge in [0.05, 0.1) is 12.7 Å². The first kappa shape index (κ1) is 21.4. The molecule has 9 nitrogen and oxygen atoms in total. The number of aromatic nitrogens is 5. The van der Waals surface area contributed by atoms with Gasteiger partial charge in [-0.15, -0.1) is 5.92 Å². The highest BCUT2D eigenvalue weighted by Gasteiger charge is 2.24. The maximum Gasteiger partial charge on any atom is 0.293 e. The summed E-state index contributed by atoms with van der Waals surface area (Å²) in [6.45, 7) is 3.80. The first-order valence-corrected chi connectivity index (χ1v) is 11.8. The molecule has 0 spiro atoms. The number of rotatable bonds is 4. The summed E-state index contributed by atoms with van der Waals surface area (Å²) in [5.74, 6) is 7.14. The topological polar surface area (TPSA) is 108 Å². The lowest BCUT2D eigenvalue weighted by molar-refractivity contribution is 0.483. The van der Waals surface area contributed by atoms with Crippen LogP contribution in [0.25, 0.3) is 32.9 Å². The molecule has 1 atom stereocenters. The first-order chi connectivity index (χ1) is 17.1. The van der Waals surface area contributed by atoms with E-state index in [0.717, 1.165) is 35.7 Å². The maximum atomic E-state index is 13.6. The van der Waals surface area contributed by atoms with Crippen LogP contribution < -0.4 is 16.2 Å². The molecule has 176 valence electrons. The Labute approximate surface area is 201 Å². The van der Waals surface area contributed by atoms with Gasteiger partial charge >= 0.3 is 0 Å². The van der Waals surface area contributed by atoms with Crippen molar-refractivity contribution in [3.63, 3.8) is 0 Å². The van der Waals surface area contributed by atoms with E-state index in [9.17, 15) is 4.79 Å². The van der Waals surface area contributed by atoms with Gasteiger partial charge < -0.3 is 15.1 Å². The minimum Gasteiger partial charge on any atom is -0.438 e. The number of piperidine rings is 1. The fraction of sp³-hybridized carbons (Fsp3) is 0.308. The molecular weight excluding hydrogens is 442 g/mol. The molecule has 35 heavy (non-hydrogen) atoms. The van der Waals surface area contributed by atoms with Crippen molar-refractivity contribution in [1.82, 2.24) is 24.3 Å². The summed E-state index contributed by atoms with van der Waals surface area (Å²) < 4.78 is 9.33. The third-order valence-corrected chi connectivity index (χ3v) is 6.49. The zero-order valence-electron chi connectivity index (χ0n) is 19.4. The standard InChI is InChI=1S/C26H25N7O2/c1-2-3-13-32-23-21(30-26(32)31-12-6-8-18(27)15-31)14-28-33(25(23)34)16-22-29-20-11-10-17-7-4-5-9-19(17)24(20)35-22/h4-5,7,9-11,14,18H,6,8,12-13,15-16,27H2,1H3/t18-/m1/s1. The maximum absolute atomic E-state index is 13.6. The smallest absolute Gasteiger partial charge is 0.293 e. The van der Waals surface area contributed by atoms with E-state index in [1.165, 1.54) is 4.68 Å². The van der Waals surface area contributed by atoms with Crippen LogP contribution in [0.5, 0.6) is 0 Å². The van der Waals surface area contributed by atoms with Gasteiger partial charge in [0.25, 0.3) is 5.56 Å². The molecular formula is C26H25N7O2. The van der Waals surface area contributed by atoms with E-state index in [2.05, 4.69) is 26.8 Å². The number of benzene rings is 2. The van der Waals surface area contributed by atoms with Gasteiger partial charge in [0.15, 0.2) is 5.58 Å². The molecule has 0 unspecified atom stereocenters. The van der Waals surface area contributed by atoms with Crippen LogP contribution in [0.15, 0.2) is 51.8 Å². The van der Waals surface area contributed by atoms with Crippen LogP contribution in [0.1, 0.15) is 25.7 Å². The molecule has 0 saturated carbocycles. The van der Waals surface area contributed by atoms with Crippen molar-refractivity contribution >= 4 is 38.9 Å². The minimum absolute atomic E-state index is 0.0827. The quantitative estimate of drug-likeness (QED) is 0.405. The zero-order valence-corrected chi connectivity index (χ0v) is 19.4. The Kier molecular flexibility index (Phi) is 5.23. The summed E-state index contributed by atoms with van der Waals surface area (Å²) in [6, 6.07) is 12.0. The molecule has 2 N–H and O–H groups in total. The molecule has 1 aliphatic heterocycles. The van der Waals surface area contributed by atoms with Crippen LogP contribution in [-0.4, -0.2) is 43.4 Å². The Morgan fingerprint density at radius 2 is 2.06 bits per heavy atom. The van der Waals surface area contributed by atoms with E-state index in [0.29, 0.717) is 41.5 Å². The Morgan fingerprint density at radius 1 is 1.17 bits per heavy atom. The third-order valence-electron chi connectivity index (χ3n) is 6.49. The summed E-state index contributed by atoms with van der Waals surface area (Å²) in [4.78, 5) is 25.1. The van der Waals surface area contributed by atoms with Gasteiger partial charge in [-0.1, -0.05) is 36.3 Å². The van der Waals surface area contributed by atoms with Crippen LogP contribution >= 0.6 is 0 Å². The average molecular weight is 468 g/mol. The van der Waals surface area contributed by atoms with E-state index in [-0.39, 0.29) is 18.1 Å². The van der Waals surface area contributed by atoms with Crippen molar-refractivity contribution in [3.8, 4) is 11.8 Å². The van der Waals surface area contributed by atoms with Crippen molar-refractivity contribution in [2.45, 2.75) is 38.9 Å². The Bertz CT molecular complexity index is 1680. The van der Waals surface area contributed by atoms with Gasteiger partial charge in [0.1, 0.15) is 23.1 Å². The molecule has 0 aliphatic carbocycles. The zero-order chi connectivity index (χ0) is 23.9. The number of hydrogen-bond donors (Lipinski definition) is 1. The van der Waals surface area contributed by atoms with Crippen molar-refractivity contribution in [3.05, 3.63) is 58.8 Å². The van der Waals surface area contributed by atoms with Gasteiger partial charge in [-0.3, -0.25) is 9.36 Å². The Morgan fingerprint density at radius 3 is 2.91 bits per heavy atom. The lowest BCUT2D eigenvalue weighted by Crippen LogP contribution is -2.44. The lowest BCUT2D eigenvalue weighted by atomic mass is 10.1. The van der Waals surface area contributed by atoms with E-state index in [1.54, 1.807) is 13.1 Å². The van der Waals surface area contributed by atoms with Crippen molar-refractivity contribution in [1.29, 1.82) is 0 Å². The van der Waals surface area contributed by atoms with E-state index in [1.807, 2.05) is 41.0 Å². The highest BCUT2D eigenvalue weighted by molar-refractivity contribution is 6.02. The molecule has 4 heterocycles. The molecule has 3 aromatic heterocycles. The Hall–Kier alpha value is -4.16. The molecule has 0 amide bonds. The lowest BCUT2D eigenvalue weighted by Gasteiger charge is -2.31. The molecule has 1 aliphatic rings. The largest absolute Gasteiger partial charge is 0.438 e. The van der Waals surface area contributed by atoms with Crippen molar-refractivity contribution < 1.29 is 4.42 Å². The summed E-state index contributed by atoms with van der Waals surface area (Å²) in [6.07, 6.45) is 3.59. The molecule has 1 saturated heterocycles. The van der Waals surface area contributed by atoms with Crippen LogP contribution in [-0.2, 0) is 13.1 Å². The number of fused-ring (bicyclic) bond motifs is 4. The van der Waals surface area contributed by atoms with Gasteiger partial charge in [-0.25, -0.2) is 14.6 Å². The first-order valence-electron chi connectivity index (χ1n) is 11.8. The second-order valence-corrected chi connectivity index (χ2v) is 8.86. The van der Waals surface area contributed by atoms with Gasteiger partial charge in [-0.05, 0) is 31.2 Å². The number of anilines is 1. The van der Waals surface area contributed by atoms with E-state index in [4.69, 9.17) is 15.1 Å². The normalized spacial score (nSPS) is 16.2. The fourth-order valence-electron chi connectivity index (χ4n) is 4.82. The van der Waals surface area contributed by atoms with E-state index >= 15 is 0 Å². The number of hydrogen-bond acceptors (Lipinski definition) is 7. The highest BCUT2D eigenvalue weighted by Crippen LogP contribution is 2.26. The molecule has 5 aromatic rings. The minimum atomic E-state index is -0.257. The summed E-state index contributed by atoms with van der Waals surface area (Å²) in [7, 11) is 0. The van der Waals surface area contributed by atoms with Crippen LogP contribution in [0, 0.1) is 11.8 Å². The van der Waals surface area contributed by atoms with Crippen LogP contribution in [0.3, 0.4) is 0 Å². The molecule has 6 rings (SSSR count). The number of nitrogens with zero attached hydrogens (tertiary/aromatic N) is 6. The summed E-state index contributed by atoms with van der Waals surface area (Å²) in [5.41, 5.74) is 8.43. The summed E-state index contributed by atoms with van der Waals surface area (Å²) >= 11 is 0. The molecule has 9 heteroatoms. The van der Waals surface area contributed by atoms with Crippen LogP contribution in [0.2, 0.25) is 0 Å². The second kappa shape index (κ2) is 8.56. The van der Waals surface area contributed by atoms with Gasteiger partial charge in [-0.2, -0.15) is 5.10 Å². The van der Waals surface area contributed by atoms with Gasteiger partial charge in [0, 0.05) is 24.5 Å². The summed E-state index contributed by atoms with van der Waals surface area (Å²) in [5, 5.41) is 6.44. The number of oxazole rings is 1. The van der Waals surface area contributed by atoms with Gasteiger partial charge in [0.2, 0.25) is 11.8 Å². The fourth-order valence-corrected chi connectivity index (χ4v) is 4.82. The number of imidazole rings is 1. The Balaban J connectivity index is 1.43. The van der Waals surface area contributed by atoms with Crippen LogP contribution in [0.4, 0.5) is 5.95 Å². The highest BCUT2D eigenvalue weighted by atomic mass is 16.3. The molecule has 2 aromatic carbocycles.